The Hall–Kier alpha value is -1.11. The Labute approximate surface area is 95.5 Å². The van der Waals surface area contributed by atoms with Crippen molar-refractivity contribution in [2.24, 2.45) is 0 Å². The molecular weight excluding hydrogens is 228 g/mol. The highest BCUT2D eigenvalue weighted by molar-refractivity contribution is 7.93. The Bertz CT molecular complexity index is 414. The van der Waals surface area contributed by atoms with Gasteiger partial charge < -0.3 is 15.1 Å². The van der Waals surface area contributed by atoms with E-state index in [1.807, 2.05) is 17.4 Å². The zero-order valence-electron chi connectivity index (χ0n) is 9.13. The molecule has 1 aromatic carbocycles. The SMILES string of the molecule is CS(=O)(=O)[N-]CC[NH2+]Cc1ccc(O)cc1. The maximum absolute atomic E-state index is 10.7. The van der Waals surface area contributed by atoms with Crippen molar-refractivity contribution in [3.05, 3.63) is 34.6 Å². The summed E-state index contributed by atoms with van der Waals surface area (Å²) in [5, 5.41) is 11.0. The molecule has 16 heavy (non-hydrogen) atoms. The second-order valence-electron chi connectivity index (χ2n) is 3.53. The average molecular weight is 244 g/mol. The van der Waals surface area contributed by atoms with E-state index in [0.717, 1.165) is 18.4 Å². The fourth-order valence-electron chi connectivity index (χ4n) is 1.21. The molecule has 0 saturated heterocycles. The number of aromatic hydroxyl groups is 1. The highest BCUT2D eigenvalue weighted by atomic mass is 32.2. The van der Waals surface area contributed by atoms with Gasteiger partial charge in [-0.2, -0.15) is 0 Å². The first-order valence-corrected chi connectivity index (χ1v) is 6.80. The fourth-order valence-corrected chi connectivity index (χ4v) is 1.65. The largest absolute Gasteiger partial charge is 0.545 e. The van der Waals surface area contributed by atoms with Gasteiger partial charge >= 0.3 is 0 Å². The maximum atomic E-state index is 10.7. The molecule has 0 amide bonds. The first kappa shape index (κ1) is 13.0. The lowest BCUT2D eigenvalue weighted by molar-refractivity contribution is -0.667. The highest BCUT2D eigenvalue weighted by Gasteiger charge is 1.94. The van der Waals surface area contributed by atoms with Gasteiger partial charge in [0.05, 0.1) is 16.6 Å². The summed E-state index contributed by atoms with van der Waals surface area (Å²) in [6.45, 7) is 1.68. The van der Waals surface area contributed by atoms with Crippen LogP contribution in [0.25, 0.3) is 4.72 Å². The van der Waals surface area contributed by atoms with E-state index in [2.05, 4.69) is 4.72 Å². The Morgan fingerprint density at radius 3 is 2.50 bits per heavy atom. The summed E-state index contributed by atoms with van der Waals surface area (Å²) in [7, 11) is -3.20. The second-order valence-corrected chi connectivity index (χ2v) is 5.26. The summed E-state index contributed by atoms with van der Waals surface area (Å²) < 4.78 is 24.9. The van der Waals surface area contributed by atoms with Crippen LogP contribution in [0.3, 0.4) is 0 Å². The first-order valence-electron chi connectivity index (χ1n) is 4.96. The van der Waals surface area contributed by atoms with Crippen LogP contribution in [0.1, 0.15) is 5.56 Å². The lowest BCUT2D eigenvalue weighted by Crippen LogP contribution is -2.83. The van der Waals surface area contributed by atoms with Gasteiger partial charge in [-0.05, 0) is 24.3 Å². The van der Waals surface area contributed by atoms with Crippen molar-refractivity contribution >= 4 is 10.0 Å². The van der Waals surface area contributed by atoms with Crippen LogP contribution in [-0.2, 0) is 16.6 Å². The average Bonchev–Trinajstić information content (AvgIpc) is 2.19. The van der Waals surface area contributed by atoms with Crippen LogP contribution in [0.4, 0.5) is 0 Å². The Balaban J connectivity index is 2.19. The zero-order valence-corrected chi connectivity index (χ0v) is 9.94. The van der Waals surface area contributed by atoms with E-state index in [4.69, 9.17) is 5.11 Å². The highest BCUT2D eigenvalue weighted by Crippen LogP contribution is 2.08. The third-order valence-electron chi connectivity index (χ3n) is 1.98. The van der Waals surface area contributed by atoms with Crippen LogP contribution in [0.15, 0.2) is 24.3 Å². The van der Waals surface area contributed by atoms with Gasteiger partial charge in [-0.1, -0.05) is 6.54 Å². The maximum Gasteiger partial charge on any atom is 0.115 e. The first-order chi connectivity index (χ1) is 7.47. The van der Waals surface area contributed by atoms with Crippen LogP contribution in [0, 0.1) is 0 Å². The van der Waals surface area contributed by atoms with Crippen LogP contribution < -0.4 is 5.32 Å². The number of benzene rings is 1. The molecule has 0 bridgehead atoms. The van der Waals surface area contributed by atoms with Crippen molar-refractivity contribution in [3.63, 3.8) is 0 Å². The lowest BCUT2D eigenvalue weighted by atomic mass is 10.2. The van der Waals surface area contributed by atoms with Gasteiger partial charge in [0.1, 0.15) is 12.3 Å². The quantitative estimate of drug-likeness (QED) is 0.679. The van der Waals surface area contributed by atoms with Crippen LogP contribution in [-0.4, -0.2) is 32.9 Å². The molecule has 1 aromatic rings. The van der Waals surface area contributed by atoms with E-state index in [1.54, 1.807) is 12.1 Å². The van der Waals surface area contributed by atoms with Gasteiger partial charge in [-0.15, -0.1) is 0 Å². The van der Waals surface area contributed by atoms with Crippen molar-refractivity contribution in [1.29, 1.82) is 0 Å². The van der Waals surface area contributed by atoms with Gasteiger partial charge in [0, 0.05) is 11.8 Å². The number of hydrogen-bond donors (Lipinski definition) is 2. The molecule has 0 atom stereocenters. The number of nitrogens with zero attached hydrogens (tertiary/aromatic N) is 1. The fraction of sp³-hybridized carbons (Fsp3) is 0.400. The van der Waals surface area contributed by atoms with E-state index in [1.165, 1.54) is 0 Å². The molecule has 1 rings (SSSR count). The smallest absolute Gasteiger partial charge is 0.115 e. The molecule has 3 N–H and O–H groups in total. The minimum atomic E-state index is -3.20. The predicted octanol–water partition coefficient (Wildman–Crippen LogP) is -0.211. The van der Waals surface area contributed by atoms with Gasteiger partial charge in [0.15, 0.2) is 0 Å². The van der Waals surface area contributed by atoms with Crippen molar-refractivity contribution in [3.8, 4) is 5.75 Å². The normalized spacial score (nSPS) is 11.6. The van der Waals surface area contributed by atoms with Crippen LogP contribution in [0.5, 0.6) is 5.75 Å². The number of phenolic OH excluding ortho intramolecular Hbond substituents is 1. The Morgan fingerprint density at radius 2 is 1.94 bits per heavy atom. The van der Waals surface area contributed by atoms with E-state index in [-0.39, 0.29) is 5.75 Å². The summed E-state index contributed by atoms with van der Waals surface area (Å²) in [4.78, 5) is 0. The number of rotatable bonds is 6. The molecule has 0 aromatic heterocycles. The van der Waals surface area contributed by atoms with Gasteiger partial charge in [0.2, 0.25) is 0 Å². The molecule has 0 unspecified atom stereocenters. The van der Waals surface area contributed by atoms with Crippen molar-refractivity contribution < 1.29 is 18.8 Å². The summed E-state index contributed by atoms with van der Waals surface area (Å²) in [6.07, 6.45) is 1.09. The number of nitrogens with two attached hydrogens (primary N) is 1. The topological polar surface area (TPSA) is 85.1 Å². The molecule has 0 radical (unpaired) electrons. The standard InChI is InChI=1S/C10H15N2O3S/c1-16(14,15)12-7-6-11-8-9-2-4-10(13)5-3-9/h2-5,11,13H,6-8H2,1H3/q-1/p+1. The van der Waals surface area contributed by atoms with Crippen LogP contribution in [0.2, 0.25) is 0 Å². The third-order valence-corrected chi connectivity index (χ3v) is 2.63. The van der Waals surface area contributed by atoms with E-state index in [0.29, 0.717) is 13.1 Å². The van der Waals surface area contributed by atoms with Gasteiger partial charge in [-0.25, -0.2) is 8.42 Å². The third kappa shape index (κ3) is 5.69. The molecule has 90 valence electrons. The molecule has 0 aliphatic heterocycles. The van der Waals surface area contributed by atoms with Gasteiger partial charge in [-0.3, -0.25) is 0 Å². The molecule has 0 spiro atoms. The number of quaternary nitrogens is 1. The molecule has 5 nitrogen and oxygen atoms in total. The number of phenols is 1. The van der Waals surface area contributed by atoms with Crippen molar-refractivity contribution in [2.45, 2.75) is 6.54 Å². The second kappa shape index (κ2) is 5.83. The monoisotopic (exact) mass is 244 g/mol. The minimum Gasteiger partial charge on any atom is -0.545 e. The molecule has 0 fully saturated rings. The predicted molar refractivity (Wildman–Crippen MR) is 61.7 cm³/mol. The van der Waals surface area contributed by atoms with E-state index >= 15 is 0 Å². The van der Waals surface area contributed by atoms with Crippen LogP contribution >= 0.6 is 0 Å². The van der Waals surface area contributed by atoms with E-state index < -0.39 is 10.0 Å². The van der Waals surface area contributed by atoms with Gasteiger partial charge in [0.25, 0.3) is 0 Å². The summed E-state index contributed by atoms with van der Waals surface area (Å²) in [5.41, 5.74) is 1.08. The van der Waals surface area contributed by atoms with Crippen molar-refractivity contribution in [2.75, 3.05) is 19.3 Å². The molecule has 0 aliphatic carbocycles. The molecular formula is C10H16N2O3S. The molecule has 0 aliphatic rings. The summed E-state index contributed by atoms with van der Waals surface area (Å²) in [6, 6.07) is 6.92. The zero-order chi connectivity index (χ0) is 12.0. The Kier molecular flexibility index (Phi) is 4.72. The number of hydrogen-bond acceptors (Lipinski definition) is 3. The minimum absolute atomic E-state index is 0.246. The number of sulfonamides is 1. The summed E-state index contributed by atoms with van der Waals surface area (Å²) >= 11 is 0. The Morgan fingerprint density at radius 1 is 1.31 bits per heavy atom. The lowest BCUT2D eigenvalue weighted by Gasteiger charge is -2.14. The van der Waals surface area contributed by atoms with Crippen molar-refractivity contribution in [1.82, 2.24) is 0 Å². The molecule has 6 heteroatoms. The van der Waals surface area contributed by atoms with E-state index in [9.17, 15) is 8.42 Å². The molecule has 0 heterocycles. The molecule has 0 saturated carbocycles. The summed E-state index contributed by atoms with van der Waals surface area (Å²) in [5.74, 6) is 0.246.